The van der Waals surface area contributed by atoms with Crippen molar-refractivity contribution in [3.8, 4) is 5.88 Å². The summed E-state index contributed by atoms with van der Waals surface area (Å²) in [6.45, 7) is 0.679. The van der Waals surface area contributed by atoms with Gasteiger partial charge in [-0.2, -0.15) is 5.10 Å². The van der Waals surface area contributed by atoms with Gasteiger partial charge in [0.05, 0.1) is 6.61 Å². The molecule has 0 atom stereocenters. The maximum absolute atomic E-state index is 10.7. The van der Waals surface area contributed by atoms with Gasteiger partial charge in [-0.3, -0.25) is 0 Å². The zero-order valence-corrected chi connectivity index (χ0v) is 9.11. The van der Waals surface area contributed by atoms with Crippen LogP contribution in [0.25, 0.3) is 0 Å². The Balaban J connectivity index is 2.83. The normalized spacial score (nSPS) is 10.3. The minimum Gasteiger partial charge on any atom is -0.476 e. The van der Waals surface area contributed by atoms with Gasteiger partial charge in [0.15, 0.2) is 5.69 Å². The molecule has 0 fully saturated rings. The molecule has 0 saturated heterocycles. The van der Waals surface area contributed by atoms with Gasteiger partial charge in [0.25, 0.3) is 0 Å². The Bertz CT molecular complexity index is 364. The van der Waals surface area contributed by atoms with E-state index in [9.17, 15) is 4.79 Å². The van der Waals surface area contributed by atoms with Crippen LogP contribution in [0.4, 0.5) is 0 Å². The van der Waals surface area contributed by atoms with Crippen molar-refractivity contribution >= 4 is 17.6 Å². The van der Waals surface area contributed by atoms with Gasteiger partial charge in [0.1, 0.15) is 11.6 Å². The van der Waals surface area contributed by atoms with Crippen LogP contribution in [-0.2, 0) is 11.8 Å². The van der Waals surface area contributed by atoms with Crippen LogP contribution >= 0.6 is 11.6 Å². The summed E-state index contributed by atoms with van der Waals surface area (Å²) in [7, 11) is 3.09. The van der Waals surface area contributed by atoms with Crippen molar-refractivity contribution in [1.29, 1.82) is 0 Å². The molecule has 0 aliphatic carbocycles. The van der Waals surface area contributed by atoms with Gasteiger partial charge in [0, 0.05) is 14.2 Å². The molecule has 15 heavy (non-hydrogen) atoms. The number of aromatic nitrogens is 2. The molecular weight excluding hydrogens is 224 g/mol. The fraction of sp³-hybridized carbons (Fsp3) is 0.500. The van der Waals surface area contributed by atoms with Crippen molar-refractivity contribution < 1.29 is 19.4 Å². The molecule has 0 aromatic carbocycles. The first-order chi connectivity index (χ1) is 7.07. The zero-order valence-electron chi connectivity index (χ0n) is 8.36. The minimum atomic E-state index is -1.18. The number of nitrogens with zero attached hydrogens (tertiary/aromatic N) is 2. The van der Waals surface area contributed by atoms with E-state index in [1.54, 1.807) is 7.05 Å². The standard InChI is InChI=1S/C8H11ClN2O4/c1-11-7(15-4-3-14-2)5(9)6(10-11)8(12)13/h3-4H2,1-2H3,(H,12,13). The lowest BCUT2D eigenvalue weighted by Crippen LogP contribution is -2.07. The first-order valence-corrected chi connectivity index (χ1v) is 4.53. The molecule has 0 bridgehead atoms. The highest BCUT2D eigenvalue weighted by molar-refractivity contribution is 6.34. The van der Waals surface area contributed by atoms with Crippen LogP contribution < -0.4 is 4.74 Å². The average molecular weight is 235 g/mol. The SMILES string of the molecule is COCCOc1c(Cl)c(C(=O)O)nn1C. The predicted octanol–water partition coefficient (Wildman–Crippen LogP) is 0.797. The molecule has 1 heterocycles. The van der Waals surface area contributed by atoms with Crippen LogP contribution in [0.15, 0.2) is 0 Å². The Hall–Kier alpha value is -1.27. The van der Waals surface area contributed by atoms with Gasteiger partial charge in [-0.15, -0.1) is 0 Å². The summed E-state index contributed by atoms with van der Waals surface area (Å²) in [5.74, 6) is -0.955. The molecule has 0 saturated carbocycles. The van der Waals surface area contributed by atoms with Crippen LogP contribution in [0.1, 0.15) is 10.5 Å². The summed E-state index contributed by atoms with van der Waals surface area (Å²) in [4.78, 5) is 10.7. The summed E-state index contributed by atoms with van der Waals surface area (Å²) in [5.41, 5.74) is -0.216. The largest absolute Gasteiger partial charge is 0.476 e. The molecule has 0 aliphatic rings. The minimum absolute atomic E-state index is 0.00102. The molecule has 0 aliphatic heterocycles. The van der Waals surface area contributed by atoms with Gasteiger partial charge >= 0.3 is 5.97 Å². The molecule has 0 radical (unpaired) electrons. The van der Waals surface area contributed by atoms with Crippen LogP contribution in [0.5, 0.6) is 5.88 Å². The van der Waals surface area contributed by atoms with E-state index in [1.807, 2.05) is 0 Å². The molecule has 0 amide bonds. The van der Waals surface area contributed by atoms with Gasteiger partial charge in [-0.05, 0) is 0 Å². The van der Waals surface area contributed by atoms with Crippen molar-refractivity contribution in [2.24, 2.45) is 7.05 Å². The third-order valence-electron chi connectivity index (χ3n) is 1.67. The Morgan fingerprint density at radius 2 is 2.27 bits per heavy atom. The number of hydrogen-bond acceptors (Lipinski definition) is 4. The van der Waals surface area contributed by atoms with Crippen molar-refractivity contribution in [3.63, 3.8) is 0 Å². The number of ether oxygens (including phenoxy) is 2. The number of methoxy groups -OCH3 is 1. The third-order valence-corrected chi connectivity index (χ3v) is 2.01. The van der Waals surface area contributed by atoms with Crippen LogP contribution in [0.2, 0.25) is 5.02 Å². The molecule has 1 aromatic heterocycles. The zero-order chi connectivity index (χ0) is 11.4. The fourth-order valence-electron chi connectivity index (χ4n) is 0.998. The van der Waals surface area contributed by atoms with E-state index in [4.69, 9.17) is 26.2 Å². The summed E-state index contributed by atoms with van der Waals surface area (Å²) >= 11 is 5.77. The summed E-state index contributed by atoms with van der Waals surface area (Å²) < 4.78 is 11.3. The van der Waals surface area contributed by atoms with Crippen molar-refractivity contribution in [3.05, 3.63) is 10.7 Å². The lowest BCUT2D eigenvalue weighted by molar-refractivity contribution is 0.0690. The van der Waals surface area contributed by atoms with E-state index in [2.05, 4.69) is 5.10 Å². The van der Waals surface area contributed by atoms with Crippen molar-refractivity contribution in [2.45, 2.75) is 0 Å². The number of halogens is 1. The van der Waals surface area contributed by atoms with Gasteiger partial charge in [0.2, 0.25) is 5.88 Å². The molecular formula is C8H11ClN2O4. The van der Waals surface area contributed by atoms with Crippen molar-refractivity contribution in [1.82, 2.24) is 9.78 Å². The fourth-order valence-corrected chi connectivity index (χ4v) is 1.29. The third kappa shape index (κ3) is 2.60. The summed E-state index contributed by atoms with van der Waals surface area (Å²) in [6.07, 6.45) is 0. The Morgan fingerprint density at radius 3 is 2.73 bits per heavy atom. The second kappa shape index (κ2) is 4.99. The van der Waals surface area contributed by atoms with Crippen LogP contribution in [0.3, 0.4) is 0 Å². The Morgan fingerprint density at radius 1 is 1.60 bits per heavy atom. The molecule has 1 rings (SSSR count). The molecule has 84 valence electrons. The first kappa shape index (κ1) is 11.8. The first-order valence-electron chi connectivity index (χ1n) is 4.15. The monoisotopic (exact) mass is 234 g/mol. The number of carboxylic acid groups (broad SMARTS) is 1. The quantitative estimate of drug-likeness (QED) is 0.763. The smallest absolute Gasteiger partial charge is 0.358 e. The second-order valence-electron chi connectivity index (χ2n) is 2.74. The maximum atomic E-state index is 10.7. The van der Waals surface area contributed by atoms with Crippen molar-refractivity contribution in [2.75, 3.05) is 20.3 Å². The van der Waals surface area contributed by atoms with E-state index in [0.717, 1.165) is 0 Å². The average Bonchev–Trinajstić information content (AvgIpc) is 2.45. The summed E-state index contributed by atoms with van der Waals surface area (Å²) in [6, 6.07) is 0. The van der Waals surface area contributed by atoms with Crippen LogP contribution in [0, 0.1) is 0 Å². The molecule has 7 heteroatoms. The number of hydrogen-bond donors (Lipinski definition) is 1. The molecule has 0 spiro atoms. The molecule has 1 aromatic rings. The lowest BCUT2D eigenvalue weighted by Gasteiger charge is -2.04. The highest BCUT2D eigenvalue weighted by Crippen LogP contribution is 2.27. The van der Waals surface area contributed by atoms with E-state index in [0.29, 0.717) is 6.61 Å². The maximum Gasteiger partial charge on any atom is 0.358 e. The highest BCUT2D eigenvalue weighted by atomic mass is 35.5. The number of rotatable bonds is 5. The highest BCUT2D eigenvalue weighted by Gasteiger charge is 2.20. The number of carboxylic acids is 1. The van der Waals surface area contributed by atoms with E-state index >= 15 is 0 Å². The molecule has 6 nitrogen and oxygen atoms in total. The van der Waals surface area contributed by atoms with E-state index in [-0.39, 0.29) is 23.2 Å². The second-order valence-corrected chi connectivity index (χ2v) is 3.12. The Labute approximate surface area is 91.3 Å². The van der Waals surface area contributed by atoms with Gasteiger partial charge < -0.3 is 14.6 Å². The van der Waals surface area contributed by atoms with E-state index < -0.39 is 5.97 Å². The van der Waals surface area contributed by atoms with Gasteiger partial charge in [-0.1, -0.05) is 11.6 Å². The predicted molar refractivity (Wildman–Crippen MR) is 52.5 cm³/mol. The molecule has 0 unspecified atom stereocenters. The van der Waals surface area contributed by atoms with Gasteiger partial charge in [-0.25, -0.2) is 9.48 Å². The number of aromatic carboxylic acids is 1. The topological polar surface area (TPSA) is 73.6 Å². The number of carbonyl (C=O) groups is 1. The van der Waals surface area contributed by atoms with Crippen LogP contribution in [-0.4, -0.2) is 41.2 Å². The number of aryl methyl sites for hydroxylation is 1. The summed E-state index contributed by atoms with van der Waals surface area (Å²) in [5, 5.41) is 12.4. The van der Waals surface area contributed by atoms with E-state index in [1.165, 1.54) is 11.8 Å². The molecule has 1 N–H and O–H groups in total. The Kier molecular flexibility index (Phi) is 3.93. The lowest BCUT2D eigenvalue weighted by atomic mass is 10.4.